The molecule has 2 fully saturated rings. The van der Waals surface area contributed by atoms with Crippen LogP contribution in [0.5, 0.6) is 5.75 Å². The summed E-state index contributed by atoms with van der Waals surface area (Å²) >= 11 is 0. The van der Waals surface area contributed by atoms with E-state index < -0.39 is 28.9 Å². The lowest BCUT2D eigenvalue weighted by Gasteiger charge is -2.21. The average molecular weight is 557 g/mol. The van der Waals surface area contributed by atoms with Crippen LogP contribution in [0.4, 0.5) is 8.78 Å². The van der Waals surface area contributed by atoms with Crippen LogP contribution in [0, 0.1) is 39.5 Å². The normalized spacial score (nSPS) is 25.6. The third-order valence-electron chi connectivity index (χ3n) is 7.31. The summed E-state index contributed by atoms with van der Waals surface area (Å²) in [6.07, 6.45) is 6.87. The second kappa shape index (κ2) is 15.7. The van der Waals surface area contributed by atoms with Crippen LogP contribution in [0.25, 0.3) is 0 Å². The number of aliphatic hydroxyl groups excluding tert-OH is 2. The number of benzene rings is 1. The summed E-state index contributed by atoms with van der Waals surface area (Å²) in [5.74, 6) is -1.47. The van der Waals surface area contributed by atoms with E-state index in [1.165, 1.54) is 6.08 Å². The number of aliphatic hydroxyl groups is 2. The van der Waals surface area contributed by atoms with Gasteiger partial charge in [0.05, 0.1) is 18.8 Å². The van der Waals surface area contributed by atoms with Gasteiger partial charge in [-0.05, 0) is 62.5 Å². The monoisotopic (exact) mass is 556 g/mol. The lowest BCUT2D eigenvalue weighted by atomic mass is 9.86. The van der Waals surface area contributed by atoms with Crippen LogP contribution >= 0.6 is 0 Å². The Bertz CT molecular complexity index is 966. The molecular weight excluding hydrogens is 518 g/mol. The molecule has 1 heterocycles. The van der Waals surface area contributed by atoms with Gasteiger partial charge in [0.2, 0.25) is 5.91 Å². The summed E-state index contributed by atoms with van der Waals surface area (Å²) in [4.78, 5) is 26.4. The van der Waals surface area contributed by atoms with Crippen LogP contribution in [-0.4, -0.2) is 65.9 Å². The number of amides is 1. The molecule has 0 bridgehead atoms. The molecule has 10 nitrogen and oxygen atoms in total. The van der Waals surface area contributed by atoms with Crippen molar-refractivity contribution < 1.29 is 43.2 Å². The number of carbonyl (C=O) groups excluding carboxylic acids is 1. The highest BCUT2D eigenvalue weighted by Crippen LogP contribution is 2.42. The fraction of sp³-hybridized carbons (Fsp3) is 0.667. The van der Waals surface area contributed by atoms with Gasteiger partial charge in [-0.15, -0.1) is 10.1 Å². The summed E-state index contributed by atoms with van der Waals surface area (Å²) in [6, 6.07) is 2.86. The molecular formula is C27H38F2N2O8. The zero-order valence-corrected chi connectivity index (χ0v) is 21.9. The highest BCUT2D eigenvalue weighted by atomic mass is 19.1. The molecule has 1 saturated carbocycles. The predicted molar refractivity (Wildman–Crippen MR) is 136 cm³/mol. The van der Waals surface area contributed by atoms with Crippen molar-refractivity contribution >= 4 is 5.91 Å². The van der Waals surface area contributed by atoms with E-state index in [-0.39, 0.29) is 42.8 Å². The van der Waals surface area contributed by atoms with Crippen LogP contribution in [0.15, 0.2) is 30.4 Å². The summed E-state index contributed by atoms with van der Waals surface area (Å²) in [7, 11) is 0. The first-order chi connectivity index (χ1) is 18.7. The van der Waals surface area contributed by atoms with E-state index in [4.69, 9.17) is 9.47 Å². The quantitative estimate of drug-likeness (QED) is 0.129. The highest BCUT2D eigenvalue weighted by molar-refractivity contribution is 5.75. The molecule has 0 spiro atoms. The van der Waals surface area contributed by atoms with Crippen LogP contribution in [0.2, 0.25) is 0 Å². The largest absolute Gasteiger partial charge is 0.487 e. The lowest BCUT2D eigenvalue weighted by molar-refractivity contribution is -0.757. The highest BCUT2D eigenvalue weighted by Gasteiger charge is 2.43. The van der Waals surface area contributed by atoms with E-state index in [0.29, 0.717) is 44.8 Å². The van der Waals surface area contributed by atoms with Crippen molar-refractivity contribution in [2.24, 2.45) is 17.8 Å². The maximum Gasteiger partial charge on any atom is 0.294 e. The van der Waals surface area contributed by atoms with Gasteiger partial charge in [-0.25, -0.2) is 8.78 Å². The van der Waals surface area contributed by atoms with Crippen LogP contribution in [0.1, 0.15) is 51.4 Å². The molecule has 1 aromatic rings. The molecule has 3 rings (SSSR count). The molecule has 39 heavy (non-hydrogen) atoms. The third-order valence-corrected chi connectivity index (χ3v) is 7.31. The molecule has 6 atom stereocenters. The number of halogens is 2. The number of carbonyl (C=O) groups is 1. The molecule has 12 heteroatoms. The van der Waals surface area contributed by atoms with Crippen LogP contribution < -0.4 is 10.1 Å². The molecule has 0 unspecified atom stereocenters. The van der Waals surface area contributed by atoms with Crippen molar-refractivity contribution in [2.75, 3.05) is 26.4 Å². The molecule has 3 N–H and O–H groups in total. The molecule has 218 valence electrons. The van der Waals surface area contributed by atoms with Gasteiger partial charge < -0.3 is 29.8 Å². The van der Waals surface area contributed by atoms with Gasteiger partial charge in [0.25, 0.3) is 5.09 Å². The smallest absolute Gasteiger partial charge is 0.294 e. The zero-order chi connectivity index (χ0) is 28.2. The Balaban J connectivity index is 1.36. The first-order valence-electron chi connectivity index (χ1n) is 13.5. The number of ether oxygens (including phenoxy) is 2. The number of hydrogen-bond donors (Lipinski definition) is 3. The van der Waals surface area contributed by atoms with Crippen molar-refractivity contribution in [1.29, 1.82) is 0 Å². The maximum atomic E-state index is 13.7. The molecule has 1 amide bonds. The van der Waals surface area contributed by atoms with Crippen LogP contribution in [0.3, 0.4) is 0 Å². The Hall–Kier alpha value is -2.83. The van der Waals surface area contributed by atoms with E-state index in [1.54, 1.807) is 6.08 Å². The molecule has 0 aromatic heterocycles. The van der Waals surface area contributed by atoms with Crippen molar-refractivity contribution in [2.45, 2.75) is 69.7 Å². The van der Waals surface area contributed by atoms with Crippen molar-refractivity contribution in [3.63, 3.8) is 0 Å². The standard InChI is InChI=1S/C27H38F2N2O8/c28-19-7-11-23(29)26(14-19)38-17-20(32)8-10-21-22-9-6-18(16-37-25(22)15-24(21)33)4-3-5-27(34)30-12-1-2-13-39-31(35)36/h7-8,10-11,14,18,20-22,24-25,32-33H,1-6,9,12-13,15-17H2,(H,30,34)/t18-,20+,21+,22+,24+,25-/m0/s1. The van der Waals surface area contributed by atoms with Crippen LogP contribution in [-0.2, 0) is 14.4 Å². The molecule has 1 aromatic carbocycles. The molecule has 0 radical (unpaired) electrons. The second-order valence-electron chi connectivity index (χ2n) is 10.2. The fourth-order valence-electron chi connectivity index (χ4n) is 5.25. The zero-order valence-electron chi connectivity index (χ0n) is 21.9. The Morgan fingerprint density at radius 1 is 1.28 bits per heavy atom. The predicted octanol–water partition coefficient (Wildman–Crippen LogP) is 3.33. The number of unbranched alkanes of at least 4 members (excludes halogenated alkanes) is 1. The minimum atomic E-state index is -1.06. The maximum absolute atomic E-state index is 13.7. The summed E-state index contributed by atoms with van der Waals surface area (Å²) < 4.78 is 38.3. The number of nitrogens with one attached hydrogen (secondary N) is 1. The minimum Gasteiger partial charge on any atom is -0.487 e. The number of rotatable bonds is 15. The molecule has 2 aliphatic rings. The Morgan fingerprint density at radius 2 is 2.10 bits per heavy atom. The number of fused-ring (bicyclic) bond motifs is 1. The average Bonchev–Trinajstić information content (AvgIpc) is 3.06. The summed E-state index contributed by atoms with van der Waals surface area (Å²) in [6.45, 7) is 0.788. The molecule has 1 saturated heterocycles. The van der Waals surface area contributed by atoms with E-state index in [2.05, 4.69) is 10.2 Å². The lowest BCUT2D eigenvalue weighted by Crippen LogP contribution is -2.24. The van der Waals surface area contributed by atoms with E-state index in [1.807, 2.05) is 0 Å². The van der Waals surface area contributed by atoms with E-state index >= 15 is 0 Å². The number of hydrogen-bond acceptors (Lipinski definition) is 8. The van der Waals surface area contributed by atoms with Gasteiger partial charge in [-0.2, -0.15) is 0 Å². The Morgan fingerprint density at radius 3 is 2.90 bits per heavy atom. The van der Waals surface area contributed by atoms with Gasteiger partial charge in [-0.1, -0.05) is 12.2 Å². The van der Waals surface area contributed by atoms with Crippen molar-refractivity contribution in [1.82, 2.24) is 5.32 Å². The Labute approximate surface area is 226 Å². The SMILES string of the molecule is O=C(CCC[C@H]1CC[C@@H]2[C@@H](C=C[C@@H](O)COc3cc(F)ccc3F)[C@H](O)C[C@@H]2OC1)NCCCCO[N+](=O)[O-]. The second-order valence-corrected chi connectivity index (χ2v) is 10.2. The van der Waals surface area contributed by atoms with Gasteiger partial charge in [-0.3, -0.25) is 4.79 Å². The summed E-state index contributed by atoms with van der Waals surface area (Å²) in [5.41, 5.74) is 0. The van der Waals surface area contributed by atoms with Gasteiger partial charge >= 0.3 is 0 Å². The topological polar surface area (TPSA) is 140 Å². The van der Waals surface area contributed by atoms with E-state index in [0.717, 1.165) is 43.9 Å². The van der Waals surface area contributed by atoms with Crippen molar-refractivity contribution in [3.8, 4) is 5.75 Å². The summed E-state index contributed by atoms with van der Waals surface area (Å²) in [5, 5.41) is 32.9. The number of nitrogens with zero attached hydrogens (tertiary/aromatic N) is 1. The minimum absolute atomic E-state index is 0.0208. The first-order valence-corrected chi connectivity index (χ1v) is 13.5. The molecule has 1 aliphatic heterocycles. The van der Waals surface area contributed by atoms with Gasteiger partial charge in [0.1, 0.15) is 18.5 Å². The molecule has 1 aliphatic carbocycles. The third kappa shape index (κ3) is 10.3. The fourth-order valence-corrected chi connectivity index (χ4v) is 5.25. The van der Waals surface area contributed by atoms with Crippen molar-refractivity contribution in [3.05, 3.63) is 52.1 Å². The Kier molecular flexibility index (Phi) is 12.3. The van der Waals surface area contributed by atoms with E-state index in [9.17, 15) is 33.9 Å². The van der Waals surface area contributed by atoms with Gasteiger partial charge in [0.15, 0.2) is 11.6 Å². The first kappa shape index (κ1) is 30.7. The van der Waals surface area contributed by atoms with Gasteiger partial charge in [0, 0.05) is 38.0 Å².